The number of aromatic nitrogens is 3. The summed E-state index contributed by atoms with van der Waals surface area (Å²) >= 11 is 7.34. The average Bonchev–Trinajstić information content (AvgIpc) is 3.19. The van der Waals surface area contributed by atoms with Crippen molar-refractivity contribution in [3.8, 4) is 11.4 Å². The molecule has 0 spiro atoms. The van der Waals surface area contributed by atoms with Crippen molar-refractivity contribution in [2.75, 3.05) is 5.32 Å². The third-order valence-electron chi connectivity index (χ3n) is 3.52. The first kappa shape index (κ1) is 14.2. The number of nitrogens with one attached hydrogen (secondary N) is 2. The van der Waals surface area contributed by atoms with Crippen molar-refractivity contribution < 1.29 is 0 Å². The standard InChI is InChI=1S/C17H13ClN4S/c18-17-20-10-13(23-17)9-19-12-5-3-4-11(8-12)16-21-14-6-1-2-7-15(14)22-16/h1-8,10,19H,9H2,(H,21,22). The molecule has 23 heavy (non-hydrogen) atoms. The van der Waals surface area contributed by atoms with Gasteiger partial charge in [-0.15, -0.1) is 11.3 Å². The van der Waals surface area contributed by atoms with Crippen molar-refractivity contribution in [3.63, 3.8) is 0 Å². The summed E-state index contributed by atoms with van der Waals surface area (Å²) in [6.07, 6.45) is 1.79. The molecule has 0 aliphatic carbocycles. The van der Waals surface area contributed by atoms with Gasteiger partial charge in [0.25, 0.3) is 0 Å². The van der Waals surface area contributed by atoms with Gasteiger partial charge < -0.3 is 10.3 Å². The van der Waals surface area contributed by atoms with E-state index in [1.807, 2.05) is 42.5 Å². The van der Waals surface area contributed by atoms with Crippen LogP contribution in [0.4, 0.5) is 5.69 Å². The van der Waals surface area contributed by atoms with Crippen LogP contribution in [-0.4, -0.2) is 15.0 Å². The Labute approximate surface area is 142 Å². The van der Waals surface area contributed by atoms with Gasteiger partial charge in [-0.3, -0.25) is 0 Å². The Morgan fingerprint density at radius 3 is 2.87 bits per heavy atom. The SMILES string of the molecule is Clc1ncc(CNc2cccc(-c3nc4ccccc4[nH]3)c2)s1. The molecule has 2 aromatic heterocycles. The number of thiazole rings is 1. The molecule has 2 N–H and O–H groups in total. The van der Waals surface area contributed by atoms with Gasteiger partial charge in [0.05, 0.1) is 17.6 Å². The number of benzene rings is 2. The zero-order valence-electron chi connectivity index (χ0n) is 12.1. The van der Waals surface area contributed by atoms with Crippen LogP contribution in [0.5, 0.6) is 0 Å². The Morgan fingerprint density at radius 1 is 1.13 bits per heavy atom. The van der Waals surface area contributed by atoms with Gasteiger partial charge in [0, 0.05) is 22.3 Å². The van der Waals surface area contributed by atoms with E-state index in [2.05, 4.69) is 26.3 Å². The second-order valence-electron chi connectivity index (χ2n) is 5.12. The molecule has 4 rings (SSSR count). The highest BCUT2D eigenvalue weighted by atomic mass is 35.5. The number of H-pyrrole nitrogens is 1. The summed E-state index contributed by atoms with van der Waals surface area (Å²) in [5.74, 6) is 0.871. The Morgan fingerprint density at radius 2 is 2.04 bits per heavy atom. The maximum Gasteiger partial charge on any atom is 0.183 e. The van der Waals surface area contributed by atoms with Crippen molar-refractivity contribution in [1.82, 2.24) is 15.0 Å². The highest BCUT2D eigenvalue weighted by Crippen LogP contribution is 2.24. The summed E-state index contributed by atoms with van der Waals surface area (Å²) in [7, 11) is 0. The van der Waals surface area contributed by atoms with E-state index in [0.717, 1.165) is 33.0 Å². The lowest BCUT2D eigenvalue weighted by Gasteiger charge is -2.06. The molecule has 2 heterocycles. The van der Waals surface area contributed by atoms with Gasteiger partial charge in [0.1, 0.15) is 5.82 Å². The molecule has 0 fully saturated rings. The minimum Gasteiger partial charge on any atom is -0.380 e. The molecule has 0 bridgehead atoms. The van der Waals surface area contributed by atoms with Crippen LogP contribution in [0.25, 0.3) is 22.4 Å². The van der Waals surface area contributed by atoms with E-state index in [1.54, 1.807) is 6.20 Å². The van der Waals surface area contributed by atoms with Gasteiger partial charge in [0.2, 0.25) is 0 Å². The van der Waals surface area contributed by atoms with E-state index in [9.17, 15) is 0 Å². The van der Waals surface area contributed by atoms with Gasteiger partial charge in [-0.2, -0.15) is 0 Å². The first-order valence-electron chi connectivity index (χ1n) is 7.17. The lowest BCUT2D eigenvalue weighted by molar-refractivity contribution is 1.17. The number of fused-ring (bicyclic) bond motifs is 1. The number of hydrogen-bond acceptors (Lipinski definition) is 4. The van der Waals surface area contributed by atoms with Crippen molar-refractivity contribution >= 4 is 39.7 Å². The van der Waals surface area contributed by atoms with Crippen LogP contribution in [0.1, 0.15) is 4.88 Å². The van der Waals surface area contributed by atoms with E-state index in [1.165, 1.54) is 11.3 Å². The molecule has 4 nitrogen and oxygen atoms in total. The molecular formula is C17H13ClN4S. The predicted molar refractivity (Wildman–Crippen MR) is 96.0 cm³/mol. The normalized spacial score (nSPS) is 11.0. The molecule has 0 unspecified atom stereocenters. The van der Waals surface area contributed by atoms with Crippen LogP contribution in [0.3, 0.4) is 0 Å². The molecule has 0 radical (unpaired) electrons. The second kappa shape index (κ2) is 6.02. The zero-order valence-corrected chi connectivity index (χ0v) is 13.7. The monoisotopic (exact) mass is 340 g/mol. The van der Waals surface area contributed by atoms with Crippen molar-refractivity contribution in [3.05, 3.63) is 64.1 Å². The number of imidazole rings is 1. The Bertz CT molecular complexity index is 927. The molecule has 114 valence electrons. The number of rotatable bonds is 4. The molecule has 0 aliphatic rings. The Balaban J connectivity index is 1.58. The number of anilines is 1. The minimum absolute atomic E-state index is 0.567. The molecule has 0 aliphatic heterocycles. The van der Waals surface area contributed by atoms with Crippen LogP contribution in [0.2, 0.25) is 4.47 Å². The minimum atomic E-state index is 0.567. The first-order valence-corrected chi connectivity index (χ1v) is 8.37. The summed E-state index contributed by atoms with van der Waals surface area (Å²) in [4.78, 5) is 13.1. The van der Waals surface area contributed by atoms with Gasteiger partial charge in [-0.1, -0.05) is 35.9 Å². The fourth-order valence-corrected chi connectivity index (χ4v) is 3.34. The first-order chi connectivity index (χ1) is 11.3. The van der Waals surface area contributed by atoms with Crippen LogP contribution >= 0.6 is 22.9 Å². The molecular weight excluding hydrogens is 328 g/mol. The van der Waals surface area contributed by atoms with Crippen molar-refractivity contribution in [2.24, 2.45) is 0 Å². The Hall–Kier alpha value is -2.37. The topological polar surface area (TPSA) is 53.6 Å². The number of aromatic amines is 1. The predicted octanol–water partition coefficient (Wildman–Crippen LogP) is 4.95. The largest absolute Gasteiger partial charge is 0.380 e. The summed E-state index contributed by atoms with van der Waals surface area (Å²) < 4.78 is 0.567. The van der Waals surface area contributed by atoms with E-state index in [0.29, 0.717) is 11.0 Å². The fourth-order valence-electron chi connectivity index (χ4n) is 2.42. The van der Waals surface area contributed by atoms with Crippen LogP contribution in [-0.2, 0) is 6.54 Å². The molecule has 2 aromatic carbocycles. The molecule has 6 heteroatoms. The van der Waals surface area contributed by atoms with Crippen LogP contribution < -0.4 is 5.32 Å². The Kier molecular flexibility index (Phi) is 3.73. The highest BCUT2D eigenvalue weighted by Gasteiger charge is 2.06. The van der Waals surface area contributed by atoms with E-state index in [-0.39, 0.29) is 0 Å². The lowest BCUT2D eigenvalue weighted by atomic mass is 10.2. The zero-order chi connectivity index (χ0) is 15.6. The molecule has 0 amide bonds. The highest BCUT2D eigenvalue weighted by molar-refractivity contribution is 7.15. The van der Waals surface area contributed by atoms with E-state index < -0.39 is 0 Å². The van der Waals surface area contributed by atoms with Crippen LogP contribution in [0, 0.1) is 0 Å². The fraction of sp³-hybridized carbons (Fsp3) is 0.0588. The third-order valence-corrected chi connectivity index (χ3v) is 4.63. The van der Waals surface area contributed by atoms with E-state index in [4.69, 9.17) is 11.6 Å². The molecule has 0 saturated carbocycles. The average molecular weight is 341 g/mol. The van der Waals surface area contributed by atoms with Gasteiger partial charge >= 0.3 is 0 Å². The number of hydrogen-bond donors (Lipinski definition) is 2. The second-order valence-corrected chi connectivity index (χ2v) is 6.81. The molecule has 4 aromatic rings. The van der Waals surface area contributed by atoms with Crippen LogP contribution in [0.15, 0.2) is 54.7 Å². The quantitative estimate of drug-likeness (QED) is 0.552. The van der Waals surface area contributed by atoms with Crippen molar-refractivity contribution in [1.29, 1.82) is 0 Å². The summed E-state index contributed by atoms with van der Waals surface area (Å²) in [6.45, 7) is 0.702. The third kappa shape index (κ3) is 3.06. The lowest BCUT2D eigenvalue weighted by Crippen LogP contribution is -1.97. The summed E-state index contributed by atoms with van der Waals surface area (Å²) in [5, 5.41) is 3.39. The smallest absolute Gasteiger partial charge is 0.183 e. The summed E-state index contributed by atoms with van der Waals surface area (Å²) in [6, 6.07) is 16.2. The maximum atomic E-state index is 5.85. The van der Waals surface area contributed by atoms with E-state index >= 15 is 0 Å². The molecule has 0 saturated heterocycles. The van der Waals surface area contributed by atoms with Gasteiger partial charge in [-0.05, 0) is 24.3 Å². The number of para-hydroxylation sites is 2. The van der Waals surface area contributed by atoms with Gasteiger partial charge in [0.15, 0.2) is 4.47 Å². The number of nitrogens with zero attached hydrogens (tertiary/aromatic N) is 2. The van der Waals surface area contributed by atoms with Crippen molar-refractivity contribution in [2.45, 2.75) is 6.54 Å². The maximum absolute atomic E-state index is 5.85. The molecule has 0 atom stereocenters. The van der Waals surface area contributed by atoms with Gasteiger partial charge in [-0.25, -0.2) is 9.97 Å². The summed E-state index contributed by atoms with van der Waals surface area (Å²) in [5.41, 5.74) is 4.10. The number of halogens is 1.